The molecule has 45 heavy (non-hydrogen) atoms. The minimum absolute atomic E-state index is 0.236. The van der Waals surface area contributed by atoms with Gasteiger partial charge >= 0.3 is 0 Å². The van der Waals surface area contributed by atoms with Gasteiger partial charge in [0.1, 0.15) is 17.2 Å². The summed E-state index contributed by atoms with van der Waals surface area (Å²) in [7, 11) is 0. The lowest BCUT2D eigenvalue weighted by molar-refractivity contribution is 0.158. The molecule has 0 atom stereocenters. The lowest BCUT2D eigenvalue weighted by Gasteiger charge is -2.36. The van der Waals surface area contributed by atoms with E-state index in [2.05, 4.69) is 56.0 Å². The van der Waals surface area contributed by atoms with Gasteiger partial charge in [0.25, 0.3) is 0 Å². The van der Waals surface area contributed by atoms with Gasteiger partial charge in [0.2, 0.25) is 0 Å². The van der Waals surface area contributed by atoms with Crippen LogP contribution in [0.3, 0.4) is 0 Å². The van der Waals surface area contributed by atoms with E-state index in [1.54, 1.807) is 6.20 Å². The second-order valence-corrected chi connectivity index (χ2v) is 12.5. The van der Waals surface area contributed by atoms with Crippen LogP contribution in [0.5, 0.6) is 0 Å². The van der Waals surface area contributed by atoms with Crippen molar-refractivity contribution in [1.82, 2.24) is 24.4 Å². The minimum atomic E-state index is 0.236. The number of likely N-dealkylation sites (tertiary alicyclic amines) is 1. The van der Waals surface area contributed by atoms with E-state index in [0.717, 1.165) is 97.7 Å². The van der Waals surface area contributed by atoms with E-state index in [1.165, 1.54) is 5.56 Å². The molecule has 1 saturated heterocycles. The molecule has 0 bridgehead atoms. The van der Waals surface area contributed by atoms with Crippen LogP contribution in [0.25, 0.3) is 39.5 Å². The molecule has 9 heteroatoms. The fourth-order valence-corrected chi connectivity index (χ4v) is 7.19. The van der Waals surface area contributed by atoms with Crippen LogP contribution in [0.1, 0.15) is 50.0 Å². The Morgan fingerprint density at radius 2 is 1.60 bits per heavy atom. The maximum atomic E-state index is 9.00. The summed E-state index contributed by atoms with van der Waals surface area (Å²) < 4.78 is 2.11. The molecule has 5 N–H and O–H groups in total. The molecule has 2 fully saturated rings. The van der Waals surface area contributed by atoms with Crippen molar-refractivity contribution in [3.8, 4) is 28.3 Å². The number of benzene rings is 2. The number of imidazole rings is 1. The number of pyridine rings is 2. The van der Waals surface area contributed by atoms with Crippen molar-refractivity contribution in [3.63, 3.8) is 0 Å². The Hall–Kier alpha value is -4.76. The van der Waals surface area contributed by atoms with Gasteiger partial charge in [0.05, 0.1) is 11.3 Å². The van der Waals surface area contributed by atoms with Crippen LogP contribution in [0, 0.1) is 11.8 Å². The van der Waals surface area contributed by atoms with Gasteiger partial charge in [0, 0.05) is 29.9 Å². The number of amidine groups is 1. The van der Waals surface area contributed by atoms with Gasteiger partial charge in [-0.1, -0.05) is 47.6 Å². The van der Waals surface area contributed by atoms with Crippen LogP contribution in [0.15, 0.2) is 90.2 Å². The first-order valence-electron chi connectivity index (χ1n) is 16.0. The normalized spacial score (nSPS) is 20.0. The van der Waals surface area contributed by atoms with Crippen molar-refractivity contribution < 1.29 is 5.21 Å². The maximum Gasteiger partial charge on any atom is 0.165 e. The lowest BCUT2D eigenvalue weighted by atomic mass is 9.80. The molecule has 1 saturated carbocycles. The Morgan fingerprint density at radius 1 is 0.844 bits per heavy atom. The Morgan fingerprint density at radius 3 is 2.31 bits per heavy atom. The van der Waals surface area contributed by atoms with Gasteiger partial charge in [-0.15, -0.1) is 0 Å². The van der Waals surface area contributed by atoms with Crippen molar-refractivity contribution in [2.75, 3.05) is 25.4 Å². The van der Waals surface area contributed by atoms with Gasteiger partial charge in [-0.25, -0.2) is 15.0 Å². The zero-order valence-corrected chi connectivity index (χ0v) is 25.5. The molecule has 1 aliphatic carbocycles. The fraction of sp³-hybridized carbons (Fsp3) is 0.333. The SMILES string of the molecule is NC(=NO)C1CCC(CN2CCC(c3ccc(-n4c(-c5cccnc5N)nc5ccc(-c6ccccc6)nc54)cc3)CC2)CC1. The monoisotopic (exact) mass is 600 g/mol. The second-order valence-electron chi connectivity index (χ2n) is 12.5. The van der Waals surface area contributed by atoms with Gasteiger partial charge in [-0.05, 0) is 105 Å². The van der Waals surface area contributed by atoms with E-state index >= 15 is 0 Å². The number of fused-ring (bicyclic) bond motifs is 1. The maximum absolute atomic E-state index is 9.00. The molecule has 2 aliphatic rings. The van der Waals surface area contributed by atoms with Crippen LogP contribution >= 0.6 is 0 Å². The molecule has 0 radical (unpaired) electrons. The van der Waals surface area contributed by atoms with Gasteiger partial charge in [-0.2, -0.15) is 0 Å². The number of aromatic nitrogens is 4. The van der Waals surface area contributed by atoms with E-state index in [4.69, 9.17) is 26.6 Å². The van der Waals surface area contributed by atoms with Gasteiger partial charge in [-0.3, -0.25) is 4.57 Å². The number of nitrogen functional groups attached to an aromatic ring is 1. The van der Waals surface area contributed by atoms with Crippen LogP contribution in [0.2, 0.25) is 0 Å². The van der Waals surface area contributed by atoms with E-state index < -0.39 is 0 Å². The Kier molecular flexibility index (Phi) is 8.17. The molecular formula is C36H40N8O. The third-order valence-electron chi connectivity index (χ3n) is 9.76. The topological polar surface area (TPSA) is 131 Å². The zero-order chi connectivity index (χ0) is 30.8. The number of piperidine rings is 1. The smallest absolute Gasteiger partial charge is 0.165 e. The quantitative estimate of drug-likeness (QED) is 0.0845. The molecule has 1 aliphatic heterocycles. The Bertz CT molecular complexity index is 1780. The molecule has 0 unspecified atom stereocenters. The number of nitrogens with two attached hydrogens (primary N) is 2. The number of rotatable bonds is 7. The first-order chi connectivity index (χ1) is 22.1. The summed E-state index contributed by atoms with van der Waals surface area (Å²) in [6.07, 6.45) is 8.37. The van der Waals surface area contributed by atoms with Crippen LogP contribution in [0.4, 0.5) is 5.82 Å². The van der Waals surface area contributed by atoms with Crippen molar-refractivity contribution in [3.05, 3.63) is 90.6 Å². The largest absolute Gasteiger partial charge is 0.409 e. The number of anilines is 1. The first kappa shape index (κ1) is 29.0. The summed E-state index contributed by atoms with van der Waals surface area (Å²) in [5, 5.41) is 12.2. The molecule has 0 spiro atoms. The summed E-state index contributed by atoms with van der Waals surface area (Å²) in [5.41, 5.74) is 18.9. The van der Waals surface area contributed by atoms with Crippen molar-refractivity contribution in [1.29, 1.82) is 0 Å². The lowest BCUT2D eigenvalue weighted by Crippen LogP contribution is -2.38. The standard InChI is InChI=1S/C36H40N8O/c37-33(42-45)28-10-8-24(9-11-28)23-43-21-18-26(19-22-43)25-12-14-29(15-13-25)44-35(30-7-4-20-39-34(30)38)41-32-17-16-31(40-36(32)44)27-5-2-1-3-6-27/h1-7,12-17,20,24,26,28,45H,8-11,18-19,21-23H2,(H2,37,42)(H2,38,39). The average molecular weight is 601 g/mol. The molecule has 3 aromatic heterocycles. The van der Waals surface area contributed by atoms with Crippen molar-refractivity contribution in [2.24, 2.45) is 22.7 Å². The summed E-state index contributed by atoms with van der Waals surface area (Å²) in [5.74, 6) is 3.05. The molecule has 230 valence electrons. The third kappa shape index (κ3) is 6.00. The molecule has 7 rings (SSSR count). The number of nitrogens with zero attached hydrogens (tertiary/aromatic N) is 6. The van der Waals surface area contributed by atoms with Gasteiger partial charge in [0.15, 0.2) is 11.5 Å². The van der Waals surface area contributed by atoms with Crippen molar-refractivity contribution in [2.45, 2.75) is 44.4 Å². The van der Waals surface area contributed by atoms with Crippen LogP contribution in [-0.4, -0.2) is 55.1 Å². The summed E-state index contributed by atoms with van der Waals surface area (Å²) in [6.45, 7) is 3.39. The molecule has 0 amide bonds. The summed E-state index contributed by atoms with van der Waals surface area (Å²) in [6, 6.07) is 27.0. The van der Waals surface area contributed by atoms with E-state index in [-0.39, 0.29) is 5.92 Å². The molecule has 2 aromatic carbocycles. The zero-order valence-electron chi connectivity index (χ0n) is 25.5. The minimum Gasteiger partial charge on any atom is -0.409 e. The number of hydrogen-bond donors (Lipinski definition) is 3. The van der Waals surface area contributed by atoms with Crippen LogP contribution < -0.4 is 11.5 Å². The fourth-order valence-electron chi connectivity index (χ4n) is 7.19. The molecule has 4 heterocycles. The first-order valence-corrected chi connectivity index (χ1v) is 16.0. The Labute approximate surface area is 263 Å². The highest BCUT2D eigenvalue weighted by atomic mass is 16.4. The average Bonchev–Trinajstić information content (AvgIpc) is 3.48. The highest BCUT2D eigenvalue weighted by molar-refractivity contribution is 5.84. The highest BCUT2D eigenvalue weighted by Crippen LogP contribution is 2.35. The predicted octanol–water partition coefficient (Wildman–Crippen LogP) is 6.46. The number of oxime groups is 1. The van der Waals surface area contributed by atoms with E-state index in [1.807, 2.05) is 42.5 Å². The molecule has 9 nitrogen and oxygen atoms in total. The summed E-state index contributed by atoms with van der Waals surface area (Å²) >= 11 is 0. The number of hydrogen-bond acceptors (Lipinski definition) is 7. The Balaban J connectivity index is 1.10. The van der Waals surface area contributed by atoms with Crippen molar-refractivity contribution >= 4 is 22.8 Å². The molecule has 5 aromatic rings. The second kappa shape index (κ2) is 12.7. The molecular weight excluding hydrogens is 560 g/mol. The van der Waals surface area contributed by atoms with Crippen LogP contribution in [-0.2, 0) is 0 Å². The third-order valence-corrected chi connectivity index (χ3v) is 9.76. The van der Waals surface area contributed by atoms with E-state index in [9.17, 15) is 0 Å². The van der Waals surface area contributed by atoms with Gasteiger partial charge < -0.3 is 21.6 Å². The summed E-state index contributed by atoms with van der Waals surface area (Å²) in [4.78, 5) is 17.1. The highest BCUT2D eigenvalue weighted by Gasteiger charge is 2.28. The predicted molar refractivity (Wildman–Crippen MR) is 179 cm³/mol. The van der Waals surface area contributed by atoms with E-state index in [0.29, 0.717) is 23.5 Å².